The quantitative estimate of drug-likeness (QED) is 0.910. The molecule has 1 saturated carbocycles. The van der Waals surface area contributed by atoms with Crippen molar-refractivity contribution in [2.24, 2.45) is 11.3 Å². The van der Waals surface area contributed by atoms with Gasteiger partial charge in [-0.1, -0.05) is 0 Å². The first-order valence-corrected chi connectivity index (χ1v) is 10.1. The smallest absolute Gasteiger partial charge is 0.223 e. The highest BCUT2D eigenvalue weighted by Crippen LogP contribution is 2.42. The average molecular weight is 349 g/mol. The fourth-order valence-electron chi connectivity index (χ4n) is 4.20. The molecule has 4 nitrogen and oxygen atoms in total. The second-order valence-electron chi connectivity index (χ2n) is 7.81. The van der Waals surface area contributed by atoms with Gasteiger partial charge in [0.05, 0.1) is 12.6 Å². The molecule has 0 radical (unpaired) electrons. The molecule has 1 aromatic rings. The minimum atomic E-state index is 0.213. The Bertz CT molecular complexity index is 588. The molecule has 0 aromatic carbocycles. The molecule has 1 amide bonds. The van der Waals surface area contributed by atoms with E-state index >= 15 is 0 Å². The standard InChI is InChI=1S/C19H28N2O2S/c1-14-2-5-16(24-14)12-21-9-6-19(7-10-21)8-11-23-13-17(19)20-18(22)15-3-4-15/h2,5,15,17H,3-4,6-13H2,1H3,(H,20,22)/t17-/m1/s1. The maximum atomic E-state index is 12.2. The first kappa shape index (κ1) is 16.6. The second kappa shape index (κ2) is 6.77. The number of aryl methyl sites for hydroxylation is 1. The second-order valence-corrected chi connectivity index (χ2v) is 9.18. The Hall–Kier alpha value is -0.910. The van der Waals surface area contributed by atoms with Crippen molar-refractivity contribution >= 4 is 17.2 Å². The molecular weight excluding hydrogens is 320 g/mol. The first-order valence-electron chi connectivity index (χ1n) is 9.30. The number of carbonyl (C=O) groups excluding carboxylic acids is 1. The molecule has 4 rings (SSSR count). The molecule has 3 fully saturated rings. The summed E-state index contributed by atoms with van der Waals surface area (Å²) in [6, 6.07) is 4.69. The van der Waals surface area contributed by atoms with Crippen LogP contribution in [-0.2, 0) is 16.1 Å². The lowest BCUT2D eigenvalue weighted by Crippen LogP contribution is -2.57. The highest BCUT2D eigenvalue weighted by atomic mass is 32.1. The zero-order valence-corrected chi connectivity index (χ0v) is 15.4. The summed E-state index contributed by atoms with van der Waals surface area (Å²) in [5.74, 6) is 0.549. The van der Waals surface area contributed by atoms with E-state index in [2.05, 4.69) is 29.3 Å². The summed E-state index contributed by atoms with van der Waals surface area (Å²) in [6.45, 7) is 7.06. The summed E-state index contributed by atoms with van der Waals surface area (Å²) in [5, 5.41) is 3.33. The summed E-state index contributed by atoms with van der Waals surface area (Å²) in [5.41, 5.74) is 0.255. The lowest BCUT2D eigenvalue weighted by molar-refractivity contribution is -0.127. The number of hydrogen-bond acceptors (Lipinski definition) is 4. The van der Waals surface area contributed by atoms with Gasteiger partial charge in [0.1, 0.15) is 0 Å². The third-order valence-electron chi connectivity index (χ3n) is 6.06. The molecule has 1 N–H and O–H groups in total. The van der Waals surface area contributed by atoms with E-state index in [0.29, 0.717) is 6.61 Å². The van der Waals surface area contributed by atoms with Crippen LogP contribution in [0.4, 0.5) is 0 Å². The van der Waals surface area contributed by atoms with E-state index in [4.69, 9.17) is 4.74 Å². The van der Waals surface area contributed by atoms with Crippen molar-refractivity contribution in [3.63, 3.8) is 0 Å². The van der Waals surface area contributed by atoms with Crippen LogP contribution in [0.2, 0.25) is 0 Å². The van der Waals surface area contributed by atoms with Crippen LogP contribution in [0.1, 0.15) is 41.9 Å². The van der Waals surface area contributed by atoms with Crippen LogP contribution in [0.3, 0.4) is 0 Å². The van der Waals surface area contributed by atoms with Crippen LogP contribution in [-0.4, -0.2) is 43.2 Å². The van der Waals surface area contributed by atoms with Gasteiger partial charge < -0.3 is 10.1 Å². The Kier molecular flexibility index (Phi) is 4.67. The van der Waals surface area contributed by atoms with Crippen LogP contribution >= 0.6 is 11.3 Å². The maximum absolute atomic E-state index is 12.2. The van der Waals surface area contributed by atoms with E-state index < -0.39 is 0 Å². The summed E-state index contributed by atoms with van der Waals surface area (Å²) < 4.78 is 5.71. The monoisotopic (exact) mass is 348 g/mol. The molecule has 24 heavy (non-hydrogen) atoms. The lowest BCUT2D eigenvalue weighted by Gasteiger charge is -2.49. The largest absolute Gasteiger partial charge is 0.379 e. The molecule has 2 saturated heterocycles. The molecule has 0 unspecified atom stereocenters. The third kappa shape index (κ3) is 3.53. The summed E-state index contributed by atoms with van der Waals surface area (Å²) in [4.78, 5) is 17.7. The number of hydrogen-bond donors (Lipinski definition) is 1. The minimum absolute atomic E-state index is 0.213. The van der Waals surface area contributed by atoms with Gasteiger partial charge in [-0.05, 0) is 69.7 Å². The fourth-order valence-corrected chi connectivity index (χ4v) is 5.14. The molecule has 1 aromatic heterocycles. The topological polar surface area (TPSA) is 41.6 Å². The van der Waals surface area contributed by atoms with Gasteiger partial charge in [-0.2, -0.15) is 0 Å². The Morgan fingerprint density at radius 2 is 2.12 bits per heavy atom. The lowest BCUT2D eigenvalue weighted by atomic mass is 9.69. The van der Waals surface area contributed by atoms with E-state index in [0.717, 1.165) is 45.5 Å². The van der Waals surface area contributed by atoms with Crippen LogP contribution in [0.5, 0.6) is 0 Å². The summed E-state index contributed by atoms with van der Waals surface area (Å²) >= 11 is 1.91. The number of thiophene rings is 1. The zero-order chi connectivity index (χ0) is 16.6. The molecule has 5 heteroatoms. The predicted octanol–water partition coefficient (Wildman–Crippen LogP) is 2.95. The Balaban J connectivity index is 1.36. The molecule has 1 atom stereocenters. The zero-order valence-electron chi connectivity index (χ0n) is 14.6. The Morgan fingerprint density at radius 1 is 1.33 bits per heavy atom. The van der Waals surface area contributed by atoms with Gasteiger partial charge in [-0.25, -0.2) is 0 Å². The Morgan fingerprint density at radius 3 is 2.79 bits per heavy atom. The number of piperidine rings is 1. The van der Waals surface area contributed by atoms with Gasteiger partial charge >= 0.3 is 0 Å². The number of nitrogens with one attached hydrogen (secondary N) is 1. The number of nitrogens with zero attached hydrogens (tertiary/aromatic N) is 1. The molecular formula is C19H28N2O2S. The van der Waals surface area contributed by atoms with Crippen molar-refractivity contribution in [2.75, 3.05) is 26.3 Å². The van der Waals surface area contributed by atoms with Crippen LogP contribution in [0, 0.1) is 18.3 Å². The van der Waals surface area contributed by atoms with Gasteiger partial charge in [0.15, 0.2) is 0 Å². The van der Waals surface area contributed by atoms with Crippen LogP contribution < -0.4 is 5.32 Å². The van der Waals surface area contributed by atoms with E-state index in [1.807, 2.05) is 11.3 Å². The van der Waals surface area contributed by atoms with Crippen molar-refractivity contribution in [1.82, 2.24) is 10.2 Å². The first-order chi connectivity index (χ1) is 11.6. The predicted molar refractivity (Wildman–Crippen MR) is 96.1 cm³/mol. The van der Waals surface area contributed by atoms with Gasteiger partial charge in [-0.3, -0.25) is 9.69 Å². The van der Waals surface area contributed by atoms with Crippen molar-refractivity contribution in [1.29, 1.82) is 0 Å². The minimum Gasteiger partial charge on any atom is -0.379 e. The summed E-state index contributed by atoms with van der Waals surface area (Å²) in [7, 11) is 0. The molecule has 3 heterocycles. The third-order valence-corrected chi connectivity index (χ3v) is 7.05. The number of likely N-dealkylation sites (tertiary alicyclic amines) is 1. The molecule has 132 valence electrons. The van der Waals surface area contributed by atoms with E-state index in [1.165, 1.54) is 22.6 Å². The van der Waals surface area contributed by atoms with E-state index in [9.17, 15) is 4.79 Å². The maximum Gasteiger partial charge on any atom is 0.223 e. The normalized spacial score (nSPS) is 27.3. The highest BCUT2D eigenvalue weighted by molar-refractivity contribution is 7.11. The van der Waals surface area contributed by atoms with Crippen molar-refractivity contribution in [3.8, 4) is 0 Å². The number of amides is 1. The molecule has 3 aliphatic rings. The van der Waals surface area contributed by atoms with E-state index in [-0.39, 0.29) is 23.3 Å². The summed E-state index contributed by atoms with van der Waals surface area (Å²) in [6.07, 6.45) is 5.59. The highest BCUT2D eigenvalue weighted by Gasteiger charge is 2.45. The van der Waals surface area contributed by atoms with Crippen molar-refractivity contribution in [3.05, 3.63) is 21.9 Å². The van der Waals surface area contributed by atoms with Crippen LogP contribution in [0.15, 0.2) is 12.1 Å². The number of ether oxygens (including phenoxy) is 1. The number of rotatable bonds is 4. The molecule has 1 spiro atoms. The SMILES string of the molecule is Cc1ccc(CN2CCC3(CCOC[C@H]3NC(=O)C3CC3)CC2)s1. The Labute approximate surface area is 148 Å². The molecule has 2 aliphatic heterocycles. The van der Waals surface area contributed by atoms with Gasteiger partial charge in [0, 0.05) is 28.8 Å². The van der Waals surface area contributed by atoms with Gasteiger partial charge in [0.25, 0.3) is 0 Å². The molecule has 1 aliphatic carbocycles. The van der Waals surface area contributed by atoms with Crippen LogP contribution in [0.25, 0.3) is 0 Å². The van der Waals surface area contributed by atoms with Gasteiger partial charge in [0.2, 0.25) is 5.91 Å². The average Bonchev–Trinajstić information content (AvgIpc) is 3.36. The van der Waals surface area contributed by atoms with Crippen molar-refractivity contribution < 1.29 is 9.53 Å². The van der Waals surface area contributed by atoms with E-state index in [1.54, 1.807) is 0 Å². The van der Waals surface area contributed by atoms with Crippen molar-refractivity contribution in [2.45, 2.75) is 51.6 Å². The van der Waals surface area contributed by atoms with Gasteiger partial charge in [-0.15, -0.1) is 11.3 Å². The number of carbonyl (C=O) groups is 1. The fraction of sp³-hybridized carbons (Fsp3) is 0.737. The molecule has 0 bridgehead atoms.